The van der Waals surface area contributed by atoms with Crippen molar-refractivity contribution < 1.29 is 13.2 Å². The molecule has 0 aliphatic carbocycles. The van der Waals surface area contributed by atoms with Gasteiger partial charge in [0.05, 0.1) is 10.5 Å². The lowest BCUT2D eigenvalue weighted by atomic mass is 10.2. The van der Waals surface area contributed by atoms with Crippen molar-refractivity contribution in [1.82, 2.24) is 19.0 Å². The second kappa shape index (κ2) is 7.34. The molecule has 1 amide bonds. The fourth-order valence-corrected chi connectivity index (χ4v) is 4.75. The van der Waals surface area contributed by atoms with E-state index in [9.17, 15) is 13.2 Å². The number of rotatable bonds is 5. The maximum absolute atomic E-state index is 12.6. The van der Waals surface area contributed by atoms with Crippen LogP contribution in [0.4, 0.5) is 0 Å². The quantitative estimate of drug-likeness (QED) is 0.665. The lowest BCUT2D eigenvalue weighted by Crippen LogP contribution is -2.32. The largest absolute Gasteiger partial charge is 0.348 e. The summed E-state index contributed by atoms with van der Waals surface area (Å²) in [5.74, 6) is -0.210. The first-order chi connectivity index (χ1) is 13.4. The van der Waals surface area contributed by atoms with Gasteiger partial charge in [0.2, 0.25) is 10.0 Å². The minimum atomic E-state index is -3.52. The van der Waals surface area contributed by atoms with Crippen LogP contribution in [0.1, 0.15) is 22.3 Å². The van der Waals surface area contributed by atoms with E-state index in [1.54, 1.807) is 59.4 Å². The van der Waals surface area contributed by atoms with Gasteiger partial charge in [-0.1, -0.05) is 12.1 Å². The monoisotopic (exact) mass is 399 g/mol. The average Bonchev–Trinajstić information content (AvgIpc) is 3.34. The van der Waals surface area contributed by atoms with E-state index in [-0.39, 0.29) is 16.8 Å². The Hall–Kier alpha value is -2.75. The van der Waals surface area contributed by atoms with Crippen LogP contribution >= 0.6 is 0 Å². The Balaban J connectivity index is 1.41. The van der Waals surface area contributed by atoms with Crippen LogP contribution in [0.15, 0.2) is 59.9 Å². The SMILES string of the molecule is NC1CCN(S(=O)(=O)c2ccc(CNC(=O)c3ccc4nccn4c3)cc2)C1. The highest BCUT2D eigenvalue weighted by Gasteiger charge is 2.30. The number of nitrogens with one attached hydrogen (secondary N) is 1. The predicted molar refractivity (Wildman–Crippen MR) is 104 cm³/mol. The molecular formula is C19H21N5O3S. The Kier molecular flexibility index (Phi) is 4.88. The molecule has 2 aromatic heterocycles. The average molecular weight is 399 g/mol. The van der Waals surface area contributed by atoms with E-state index in [4.69, 9.17) is 5.73 Å². The zero-order chi connectivity index (χ0) is 19.7. The summed E-state index contributed by atoms with van der Waals surface area (Å²) in [6.45, 7) is 1.10. The van der Waals surface area contributed by atoms with Crippen molar-refractivity contribution in [3.8, 4) is 0 Å². The van der Waals surface area contributed by atoms with Crippen molar-refractivity contribution in [1.29, 1.82) is 0 Å². The number of pyridine rings is 1. The number of hydrogen-bond donors (Lipinski definition) is 2. The van der Waals surface area contributed by atoms with Crippen molar-refractivity contribution in [2.75, 3.05) is 13.1 Å². The number of fused-ring (bicyclic) bond motifs is 1. The van der Waals surface area contributed by atoms with Crippen LogP contribution in [0.3, 0.4) is 0 Å². The van der Waals surface area contributed by atoms with Crippen molar-refractivity contribution in [3.63, 3.8) is 0 Å². The van der Waals surface area contributed by atoms with Crippen molar-refractivity contribution >= 4 is 21.6 Å². The highest BCUT2D eigenvalue weighted by Crippen LogP contribution is 2.20. The minimum Gasteiger partial charge on any atom is -0.348 e. The highest BCUT2D eigenvalue weighted by atomic mass is 32.2. The smallest absolute Gasteiger partial charge is 0.253 e. The maximum Gasteiger partial charge on any atom is 0.253 e. The van der Waals surface area contributed by atoms with Gasteiger partial charge in [-0.15, -0.1) is 0 Å². The Morgan fingerprint density at radius 1 is 1.21 bits per heavy atom. The molecule has 8 nitrogen and oxygen atoms in total. The maximum atomic E-state index is 12.6. The summed E-state index contributed by atoms with van der Waals surface area (Å²) in [4.78, 5) is 16.7. The second-order valence-corrected chi connectivity index (χ2v) is 8.79. The third-order valence-corrected chi connectivity index (χ3v) is 6.73. The lowest BCUT2D eigenvalue weighted by Gasteiger charge is -2.16. The van der Waals surface area contributed by atoms with Gasteiger partial charge in [0.25, 0.3) is 5.91 Å². The van der Waals surface area contributed by atoms with Gasteiger partial charge in [-0.05, 0) is 36.2 Å². The molecule has 146 valence electrons. The summed E-state index contributed by atoms with van der Waals surface area (Å²) in [5, 5.41) is 2.84. The Morgan fingerprint density at radius 3 is 2.71 bits per heavy atom. The zero-order valence-corrected chi connectivity index (χ0v) is 16.0. The molecule has 9 heteroatoms. The number of carbonyl (C=O) groups excluding carboxylic acids is 1. The minimum absolute atomic E-state index is 0.106. The summed E-state index contributed by atoms with van der Waals surface area (Å²) in [6.07, 6.45) is 5.84. The van der Waals surface area contributed by atoms with Gasteiger partial charge in [-0.2, -0.15) is 4.31 Å². The fraction of sp³-hybridized carbons (Fsp3) is 0.263. The zero-order valence-electron chi connectivity index (χ0n) is 15.2. The van der Waals surface area contributed by atoms with E-state index in [0.717, 1.165) is 11.2 Å². The molecule has 1 fully saturated rings. The first kappa shape index (κ1) is 18.6. The van der Waals surface area contributed by atoms with E-state index in [2.05, 4.69) is 10.3 Å². The number of sulfonamides is 1. The second-order valence-electron chi connectivity index (χ2n) is 6.85. The van der Waals surface area contributed by atoms with Crippen LogP contribution in [-0.2, 0) is 16.6 Å². The van der Waals surface area contributed by atoms with E-state index >= 15 is 0 Å². The molecular weight excluding hydrogens is 378 g/mol. The van der Waals surface area contributed by atoms with Crippen LogP contribution in [-0.4, -0.2) is 47.1 Å². The molecule has 0 bridgehead atoms. The molecule has 1 unspecified atom stereocenters. The number of benzene rings is 1. The summed E-state index contributed by atoms with van der Waals surface area (Å²) in [7, 11) is -3.52. The molecule has 28 heavy (non-hydrogen) atoms. The first-order valence-corrected chi connectivity index (χ1v) is 10.4. The molecule has 3 N–H and O–H groups in total. The number of hydrogen-bond acceptors (Lipinski definition) is 5. The third kappa shape index (κ3) is 3.64. The normalized spacial score (nSPS) is 17.8. The van der Waals surface area contributed by atoms with Crippen LogP contribution in [0.2, 0.25) is 0 Å². The molecule has 3 heterocycles. The van der Waals surface area contributed by atoms with Crippen LogP contribution in [0.25, 0.3) is 5.65 Å². The van der Waals surface area contributed by atoms with Crippen LogP contribution in [0, 0.1) is 0 Å². The van der Waals surface area contributed by atoms with Crippen molar-refractivity contribution in [2.24, 2.45) is 5.73 Å². The van der Waals surface area contributed by atoms with Crippen molar-refractivity contribution in [3.05, 3.63) is 66.1 Å². The van der Waals surface area contributed by atoms with Gasteiger partial charge in [0.1, 0.15) is 5.65 Å². The lowest BCUT2D eigenvalue weighted by molar-refractivity contribution is 0.0950. The van der Waals surface area contributed by atoms with E-state index in [1.165, 1.54) is 4.31 Å². The molecule has 1 aliphatic rings. The van der Waals surface area contributed by atoms with Gasteiger partial charge in [0.15, 0.2) is 0 Å². The predicted octanol–water partition coefficient (Wildman–Crippen LogP) is 0.986. The number of nitrogens with two attached hydrogens (primary N) is 1. The fourth-order valence-electron chi connectivity index (χ4n) is 3.24. The number of aromatic nitrogens is 2. The standard InChI is InChI=1S/C19H21N5O3S/c20-16-7-9-24(13-16)28(26,27)17-4-1-14(2-5-17)11-22-19(25)15-3-6-18-21-8-10-23(18)12-15/h1-6,8,10,12,16H,7,9,11,13,20H2,(H,22,25). The number of nitrogens with zero attached hydrogens (tertiary/aromatic N) is 3. The van der Waals surface area contributed by atoms with Gasteiger partial charge < -0.3 is 15.5 Å². The van der Waals surface area contributed by atoms with E-state index < -0.39 is 10.0 Å². The number of imidazole rings is 1. The molecule has 0 saturated carbocycles. The summed E-state index contributed by atoms with van der Waals surface area (Å²) in [5.41, 5.74) is 7.92. The molecule has 0 spiro atoms. The third-order valence-electron chi connectivity index (χ3n) is 4.85. The highest BCUT2D eigenvalue weighted by molar-refractivity contribution is 7.89. The molecule has 3 aromatic rings. The van der Waals surface area contributed by atoms with E-state index in [0.29, 0.717) is 31.6 Å². The molecule has 1 saturated heterocycles. The Labute approximate surface area is 163 Å². The Bertz CT molecular complexity index is 1110. The molecule has 1 aliphatic heterocycles. The topological polar surface area (TPSA) is 110 Å². The molecule has 1 atom stereocenters. The van der Waals surface area contributed by atoms with Gasteiger partial charge in [-0.25, -0.2) is 13.4 Å². The summed E-state index contributed by atoms with van der Waals surface area (Å²) < 4.78 is 28.4. The first-order valence-electron chi connectivity index (χ1n) is 8.99. The molecule has 4 rings (SSSR count). The van der Waals surface area contributed by atoms with Crippen LogP contribution in [0.5, 0.6) is 0 Å². The molecule has 0 radical (unpaired) electrons. The number of carbonyl (C=O) groups is 1. The van der Waals surface area contributed by atoms with Gasteiger partial charge in [0, 0.05) is 44.3 Å². The van der Waals surface area contributed by atoms with Crippen LogP contribution < -0.4 is 11.1 Å². The van der Waals surface area contributed by atoms with Gasteiger partial charge >= 0.3 is 0 Å². The van der Waals surface area contributed by atoms with E-state index in [1.807, 2.05) is 0 Å². The Morgan fingerprint density at radius 2 is 2.00 bits per heavy atom. The van der Waals surface area contributed by atoms with Gasteiger partial charge in [-0.3, -0.25) is 4.79 Å². The summed E-state index contributed by atoms with van der Waals surface area (Å²) >= 11 is 0. The summed E-state index contributed by atoms with van der Waals surface area (Å²) in [6, 6.07) is 9.94. The number of amides is 1. The molecule has 1 aromatic carbocycles. The van der Waals surface area contributed by atoms with Crippen molar-refractivity contribution in [2.45, 2.75) is 23.9 Å².